The summed E-state index contributed by atoms with van der Waals surface area (Å²) in [5, 5.41) is 24.2. The highest BCUT2D eigenvalue weighted by Crippen LogP contribution is 2.34. The quantitative estimate of drug-likeness (QED) is 0.145. The second-order valence-corrected chi connectivity index (χ2v) is 8.79. The number of ether oxygens (including phenoxy) is 1. The molecule has 0 saturated heterocycles. The highest BCUT2D eigenvalue weighted by molar-refractivity contribution is 7.99. The molecule has 0 bridgehead atoms. The lowest BCUT2D eigenvalue weighted by Crippen LogP contribution is -2.13. The summed E-state index contributed by atoms with van der Waals surface area (Å²) in [5.41, 5.74) is -0.171. The van der Waals surface area contributed by atoms with Gasteiger partial charge in [-0.1, -0.05) is 25.6 Å². The summed E-state index contributed by atoms with van der Waals surface area (Å²) in [7, 11) is 1.41. The van der Waals surface area contributed by atoms with Crippen LogP contribution in [0, 0.1) is 27.4 Å². The number of nitrogens with one attached hydrogen (secondary N) is 1. The van der Waals surface area contributed by atoms with Crippen molar-refractivity contribution in [2.75, 3.05) is 18.2 Å². The third-order valence-electron chi connectivity index (χ3n) is 4.12. The van der Waals surface area contributed by atoms with Gasteiger partial charge in [0, 0.05) is 23.4 Å². The zero-order valence-corrected chi connectivity index (χ0v) is 19.5. The molecule has 1 N–H and O–H groups in total. The van der Waals surface area contributed by atoms with Gasteiger partial charge in [-0.15, -0.1) is 0 Å². The molecule has 3 rings (SSSR count). The maximum Gasteiger partial charge on any atom is 0.284 e. The highest BCUT2D eigenvalue weighted by atomic mass is 32.2. The minimum absolute atomic E-state index is 0.187. The van der Waals surface area contributed by atoms with E-state index in [-0.39, 0.29) is 33.5 Å². The van der Waals surface area contributed by atoms with Crippen molar-refractivity contribution < 1.29 is 18.9 Å². The number of anilines is 1. The predicted octanol–water partition coefficient (Wildman–Crippen LogP) is 5.01. The number of rotatable bonds is 9. The number of benzene rings is 1. The molecule has 12 heteroatoms. The Hall–Kier alpha value is -3.69. The van der Waals surface area contributed by atoms with Crippen molar-refractivity contribution in [1.29, 1.82) is 5.26 Å². The molecule has 0 aliphatic carbocycles. The van der Waals surface area contributed by atoms with Crippen LogP contribution in [0.15, 0.2) is 45.5 Å². The average Bonchev–Trinajstić information content (AvgIpc) is 3.44. The minimum Gasteiger partial charge on any atom is -0.497 e. The number of methoxy groups -OCH3 is 1. The lowest BCUT2D eigenvalue weighted by Gasteiger charge is -2.03. The first-order valence-corrected chi connectivity index (χ1v) is 11.4. The summed E-state index contributed by atoms with van der Waals surface area (Å²) >= 11 is 2.51. The minimum atomic E-state index is -0.664. The SMILES string of the molecule is COc1ccc(-c2ccc(/C=C(/C#N)C(=O)Nc3nc(SCC(C)C)ns3)o2)c([N+](=O)[O-])c1. The fourth-order valence-electron chi connectivity index (χ4n) is 2.59. The summed E-state index contributed by atoms with van der Waals surface area (Å²) < 4.78 is 14.9. The van der Waals surface area contributed by atoms with Crippen molar-refractivity contribution in [2.24, 2.45) is 5.92 Å². The molecular formula is C21H19N5O5S2. The largest absolute Gasteiger partial charge is 0.497 e. The number of nitro benzene ring substituents is 1. The first kappa shape index (κ1) is 24.0. The van der Waals surface area contributed by atoms with Crippen LogP contribution in [0.5, 0.6) is 5.75 Å². The van der Waals surface area contributed by atoms with Crippen molar-refractivity contribution in [1.82, 2.24) is 9.36 Å². The zero-order valence-electron chi connectivity index (χ0n) is 17.9. The van der Waals surface area contributed by atoms with Crippen LogP contribution in [0.25, 0.3) is 17.4 Å². The van der Waals surface area contributed by atoms with Gasteiger partial charge in [0.1, 0.15) is 28.9 Å². The Morgan fingerprint density at radius 3 is 2.88 bits per heavy atom. The van der Waals surface area contributed by atoms with Gasteiger partial charge < -0.3 is 9.15 Å². The predicted molar refractivity (Wildman–Crippen MR) is 125 cm³/mol. The van der Waals surface area contributed by atoms with Gasteiger partial charge in [-0.25, -0.2) is 0 Å². The van der Waals surface area contributed by atoms with Crippen LogP contribution < -0.4 is 10.1 Å². The average molecular weight is 486 g/mol. The number of hydrogen-bond donors (Lipinski definition) is 1. The molecule has 0 fully saturated rings. The molecule has 0 radical (unpaired) electrons. The van der Waals surface area contributed by atoms with E-state index in [1.807, 2.05) is 6.07 Å². The Kier molecular flexibility index (Phi) is 7.81. The lowest BCUT2D eigenvalue weighted by molar-refractivity contribution is -0.384. The van der Waals surface area contributed by atoms with Gasteiger partial charge in [0.25, 0.3) is 11.6 Å². The Bertz CT molecular complexity index is 1240. The van der Waals surface area contributed by atoms with Gasteiger partial charge >= 0.3 is 0 Å². The van der Waals surface area contributed by atoms with Crippen molar-refractivity contribution in [3.63, 3.8) is 0 Å². The molecular weight excluding hydrogens is 466 g/mol. The van der Waals surface area contributed by atoms with E-state index in [9.17, 15) is 20.2 Å². The van der Waals surface area contributed by atoms with Crippen molar-refractivity contribution in [3.8, 4) is 23.1 Å². The van der Waals surface area contributed by atoms with Crippen molar-refractivity contribution >= 4 is 46.1 Å². The number of carbonyl (C=O) groups excluding carboxylic acids is 1. The number of nitrogens with zero attached hydrogens (tertiary/aromatic N) is 4. The van der Waals surface area contributed by atoms with Crippen molar-refractivity contribution in [2.45, 2.75) is 19.0 Å². The smallest absolute Gasteiger partial charge is 0.284 e. The molecule has 0 unspecified atom stereocenters. The van der Waals surface area contributed by atoms with E-state index in [1.165, 1.54) is 49.2 Å². The molecule has 2 aromatic heterocycles. The number of furan rings is 1. The topological polar surface area (TPSA) is 144 Å². The molecule has 0 aliphatic rings. The molecule has 33 heavy (non-hydrogen) atoms. The summed E-state index contributed by atoms with van der Waals surface area (Å²) in [6, 6.07) is 9.23. The van der Waals surface area contributed by atoms with E-state index in [0.29, 0.717) is 16.8 Å². The van der Waals surface area contributed by atoms with Crippen LogP contribution in [0.2, 0.25) is 0 Å². The Balaban J connectivity index is 1.77. The zero-order chi connectivity index (χ0) is 24.0. The second kappa shape index (κ2) is 10.8. The molecule has 1 amide bonds. The summed E-state index contributed by atoms with van der Waals surface area (Å²) in [5.74, 6) is 1.39. The first-order chi connectivity index (χ1) is 15.8. The van der Waals surface area contributed by atoms with Gasteiger partial charge in [-0.2, -0.15) is 14.6 Å². The van der Waals surface area contributed by atoms with Crippen LogP contribution in [-0.2, 0) is 4.79 Å². The van der Waals surface area contributed by atoms with E-state index >= 15 is 0 Å². The number of aromatic nitrogens is 2. The molecule has 2 heterocycles. The molecule has 0 spiro atoms. The maximum absolute atomic E-state index is 12.5. The third kappa shape index (κ3) is 6.18. The van der Waals surface area contributed by atoms with Crippen molar-refractivity contribution in [3.05, 3.63) is 51.8 Å². The van der Waals surface area contributed by atoms with Crippen LogP contribution in [0.1, 0.15) is 19.6 Å². The van der Waals surface area contributed by atoms with Gasteiger partial charge in [-0.05, 0) is 30.2 Å². The van der Waals surface area contributed by atoms with Crippen LogP contribution in [-0.4, -0.2) is 33.1 Å². The van der Waals surface area contributed by atoms with E-state index in [1.54, 1.807) is 6.07 Å². The summed E-state index contributed by atoms with van der Waals surface area (Å²) in [6.45, 7) is 4.16. The number of carbonyl (C=O) groups is 1. The van der Waals surface area contributed by atoms with Crippen LogP contribution >= 0.6 is 23.3 Å². The Morgan fingerprint density at radius 1 is 1.42 bits per heavy atom. The first-order valence-electron chi connectivity index (χ1n) is 9.63. The molecule has 0 atom stereocenters. The van der Waals surface area contributed by atoms with Gasteiger partial charge in [-0.3, -0.25) is 20.2 Å². The van der Waals surface area contributed by atoms with Crippen LogP contribution in [0.3, 0.4) is 0 Å². The number of thioether (sulfide) groups is 1. The van der Waals surface area contributed by atoms with Gasteiger partial charge in [0.2, 0.25) is 10.3 Å². The highest BCUT2D eigenvalue weighted by Gasteiger charge is 2.20. The molecule has 0 aliphatic heterocycles. The lowest BCUT2D eigenvalue weighted by atomic mass is 10.1. The molecule has 1 aromatic carbocycles. The monoisotopic (exact) mass is 485 g/mol. The summed E-state index contributed by atoms with van der Waals surface area (Å²) in [4.78, 5) is 27.6. The van der Waals surface area contributed by atoms with Gasteiger partial charge in [0.05, 0.1) is 23.7 Å². The number of amides is 1. The second-order valence-electron chi connectivity index (χ2n) is 7.05. The molecule has 0 saturated carbocycles. The fourth-order valence-corrected chi connectivity index (χ4v) is 4.08. The van der Waals surface area contributed by atoms with Crippen LogP contribution in [0.4, 0.5) is 10.8 Å². The summed E-state index contributed by atoms with van der Waals surface area (Å²) in [6.07, 6.45) is 1.25. The standard InChI is InChI=1S/C21H19N5O5S2/c1-12(2)11-32-21-24-20(33-25-21)23-19(27)13(10-22)8-15-5-7-18(31-15)16-6-4-14(30-3)9-17(16)26(28)29/h4-9,12H,11H2,1-3H3,(H,23,24,25,27)/b13-8-. The van der Waals surface area contributed by atoms with E-state index in [2.05, 4.69) is 28.5 Å². The van der Waals surface area contributed by atoms with E-state index in [0.717, 1.165) is 17.3 Å². The number of hydrogen-bond acceptors (Lipinski definition) is 10. The normalized spacial score (nSPS) is 11.3. The maximum atomic E-state index is 12.5. The fraction of sp³-hybridized carbons (Fsp3) is 0.238. The molecule has 10 nitrogen and oxygen atoms in total. The number of nitro groups is 1. The Morgan fingerprint density at radius 2 is 2.21 bits per heavy atom. The molecule has 170 valence electrons. The van der Waals surface area contributed by atoms with E-state index < -0.39 is 10.8 Å². The van der Waals surface area contributed by atoms with Gasteiger partial charge in [0.15, 0.2) is 0 Å². The third-order valence-corrected chi connectivity index (χ3v) is 6.14. The number of nitriles is 1. The molecule has 3 aromatic rings. The Labute approximate surface area is 197 Å². The van der Waals surface area contributed by atoms with E-state index in [4.69, 9.17) is 9.15 Å².